The molecule has 3 amide bonds. The van der Waals surface area contributed by atoms with Crippen molar-refractivity contribution in [1.29, 1.82) is 0 Å². The lowest BCUT2D eigenvalue weighted by Crippen LogP contribution is -2.28. The molecule has 0 aliphatic rings. The standard InChI is InChI=1S/C25H26N4O3/c1-16(27-24(31)21-13-14-22(26-17(21)2)25(32)29(3)4)19-11-8-12-20(15-19)28-23(30)18-9-6-5-7-10-18/h5-16H,1-4H3,(H,27,31)(H,28,30). The van der Waals surface area contributed by atoms with Gasteiger partial charge in [0.15, 0.2) is 0 Å². The molecular weight excluding hydrogens is 404 g/mol. The zero-order chi connectivity index (χ0) is 23.3. The molecular formula is C25H26N4O3. The van der Waals surface area contributed by atoms with Crippen LogP contribution in [0.25, 0.3) is 0 Å². The lowest BCUT2D eigenvalue weighted by molar-refractivity contribution is 0.0820. The highest BCUT2D eigenvalue weighted by Gasteiger charge is 2.17. The van der Waals surface area contributed by atoms with E-state index in [1.54, 1.807) is 51.4 Å². The molecule has 0 saturated heterocycles. The molecule has 7 nitrogen and oxygen atoms in total. The summed E-state index contributed by atoms with van der Waals surface area (Å²) in [4.78, 5) is 43.0. The molecule has 3 rings (SSSR count). The third-order valence-electron chi connectivity index (χ3n) is 4.98. The largest absolute Gasteiger partial charge is 0.345 e. The number of carbonyl (C=O) groups is 3. The third-order valence-corrected chi connectivity index (χ3v) is 4.98. The van der Waals surface area contributed by atoms with Crippen molar-refractivity contribution in [3.8, 4) is 0 Å². The number of hydrogen-bond donors (Lipinski definition) is 2. The lowest BCUT2D eigenvalue weighted by atomic mass is 10.1. The van der Waals surface area contributed by atoms with Gasteiger partial charge < -0.3 is 15.5 Å². The molecule has 164 valence electrons. The van der Waals surface area contributed by atoms with Crippen molar-refractivity contribution in [2.24, 2.45) is 0 Å². The van der Waals surface area contributed by atoms with Crippen LogP contribution in [0.15, 0.2) is 66.7 Å². The fourth-order valence-electron chi connectivity index (χ4n) is 3.19. The summed E-state index contributed by atoms with van der Waals surface area (Å²) in [6, 6.07) is 19.2. The summed E-state index contributed by atoms with van der Waals surface area (Å²) in [6.07, 6.45) is 0. The minimum Gasteiger partial charge on any atom is -0.345 e. The quantitative estimate of drug-likeness (QED) is 0.622. The van der Waals surface area contributed by atoms with E-state index >= 15 is 0 Å². The number of anilines is 1. The Hall–Kier alpha value is -4.00. The first-order chi connectivity index (χ1) is 15.3. The molecule has 1 aromatic heterocycles. The van der Waals surface area contributed by atoms with E-state index in [4.69, 9.17) is 0 Å². The number of nitrogens with zero attached hydrogens (tertiary/aromatic N) is 2. The number of pyridine rings is 1. The predicted octanol–water partition coefficient (Wildman–Crippen LogP) is 3.84. The van der Waals surface area contributed by atoms with Crippen molar-refractivity contribution in [3.05, 3.63) is 94.8 Å². The topological polar surface area (TPSA) is 91.4 Å². The monoisotopic (exact) mass is 430 g/mol. The predicted molar refractivity (Wildman–Crippen MR) is 124 cm³/mol. The number of aromatic nitrogens is 1. The highest BCUT2D eigenvalue weighted by Crippen LogP contribution is 2.19. The summed E-state index contributed by atoms with van der Waals surface area (Å²) in [6.45, 7) is 3.56. The van der Waals surface area contributed by atoms with E-state index < -0.39 is 0 Å². The molecule has 32 heavy (non-hydrogen) atoms. The van der Waals surface area contributed by atoms with Crippen molar-refractivity contribution < 1.29 is 14.4 Å². The van der Waals surface area contributed by atoms with Crippen LogP contribution in [-0.2, 0) is 0 Å². The lowest BCUT2D eigenvalue weighted by Gasteiger charge is -2.17. The van der Waals surface area contributed by atoms with Crippen molar-refractivity contribution in [1.82, 2.24) is 15.2 Å². The van der Waals surface area contributed by atoms with E-state index in [2.05, 4.69) is 15.6 Å². The van der Waals surface area contributed by atoms with Crippen LogP contribution in [0.2, 0.25) is 0 Å². The molecule has 1 atom stereocenters. The van der Waals surface area contributed by atoms with Crippen LogP contribution in [0.4, 0.5) is 5.69 Å². The Balaban J connectivity index is 1.70. The van der Waals surface area contributed by atoms with Crippen LogP contribution in [0, 0.1) is 6.92 Å². The highest BCUT2D eigenvalue weighted by atomic mass is 16.2. The normalized spacial score (nSPS) is 11.4. The van der Waals surface area contributed by atoms with Crippen LogP contribution in [0.1, 0.15) is 55.4 Å². The zero-order valence-corrected chi connectivity index (χ0v) is 18.5. The number of benzene rings is 2. The molecule has 0 aliphatic heterocycles. The number of rotatable bonds is 6. The fraction of sp³-hybridized carbons (Fsp3) is 0.200. The van der Waals surface area contributed by atoms with Gasteiger partial charge in [0.05, 0.1) is 17.3 Å². The van der Waals surface area contributed by atoms with Crippen LogP contribution in [0.5, 0.6) is 0 Å². The second kappa shape index (κ2) is 9.87. The Bertz CT molecular complexity index is 1140. The van der Waals surface area contributed by atoms with E-state index in [0.29, 0.717) is 28.2 Å². The zero-order valence-electron chi connectivity index (χ0n) is 18.5. The molecule has 0 spiro atoms. The summed E-state index contributed by atoms with van der Waals surface area (Å²) in [5.41, 5.74) is 3.22. The van der Waals surface area contributed by atoms with Crippen molar-refractivity contribution in [2.45, 2.75) is 19.9 Å². The number of amides is 3. The van der Waals surface area contributed by atoms with E-state index in [1.807, 2.05) is 43.3 Å². The Morgan fingerprint density at radius 2 is 1.62 bits per heavy atom. The van der Waals surface area contributed by atoms with Gasteiger partial charge in [0.25, 0.3) is 17.7 Å². The molecule has 0 saturated carbocycles. The summed E-state index contributed by atoms with van der Waals surface area (Å²) in [5, 5.41) is 5.83. The van der Waals surface area contributed by atoms with Gasteiger partial charge in [-0.3, -0.25) is 14.4 Å². The number of hydrogen-bond acceptors (Lipinski definition) is 4. The van der Waals surface area contributed by atoms with Gasteiger partial charge in [-0.1, -0.05) is 30.3 Å². The SMILES string of the molecule is Cc1nc(C(=O)N(C)C)ccc1C(=O)NC(C)c1cccc(NC(=O)c2ccccc2)c1. The van der Waals surface area contributed by atoms with Crippen LogP contribution in [-0.4, -0.2) is 41.7 Å². The number of carbonyl (C=O) groups excluding carboxylic acids is 3. The summed E-state index contributed by atoms with van der Waals surface area (Å²) in [7, 11) is 3.30. The molecule has 0 aliphatic carbocycles. The number of aryl methyl sites for hydroxylation is 1. The molecule has 0 fully saturated rings. The second-order valence-corrected chi connectivity index (χ2v) is 7.67. The first kappa shape index (κ1) is 22.7. The molecule has 1 heterocycles. The maximum atomic E-state index is 12.8. The summed E-state index contributed by atoms with van der Waals surface area (Å²) in [5.74, 6) is -0.707. The van der Waals surface area contributed by atoms with Gasteiger partial charge in [0.1, 0.15) is 5.69 Å². The van der Waals surface area contributed by atoms with Crippen LogP contribution < -0.4 is 10.6 Å². The van der Waals surface area contributed by atoms with Gasteiger partial charge in [-0.15, -0.1) is 0 Å². The second-order valence-electron chi connectivity index (χ2n) is 7.67. The Kier molecular flexibility index (Phi) is 7.00. The van der Waals surface area contributed by atoms with E-state index in [-0.39, 0.29) is 23.8 Å². The molecule has 3 aromatic rings. The minimum atomic E-state index is -0.307. The summed E-state index contributed by atoms with van der Waals surface area (Å²) >= 11 is 0. The Labute approximate surface area is 187 Å². The van der Waals surface area contributed by atoms with Crippen molar-refractivity contribution in [3.63, 3.8) is 0 Å². The highest BCUT2D eigenvalue weighted by molar-refractivity contribution is 6.04. The maximum Gasteiger partial charge on any atom is 0.271 e. The first-order valence-corrected chi connectivity index (χ1v) is 10.2. The van der Waals surface area contributed by atoms with Crippen molar-refractivity contribution >= 4 is 23.4 Å². The average Bonchev–Trinajstić information content (AvgIpc) is 2.79. The minimum absolute atomic E-state index is 0.200. The van der Waals surface area contributed by atoms with E-state index in [9.17, 15) is 14.4 Å². The van der Waals surface area contributed by atoms with Crippen molar-refractivity contribution in [2.75, 3.05) is 19.4 Å². The van der Waals surface area contributed by atoms with Gasteiger partial charge in [0, 0.05) is 25.3 Å². The third kappa shape index (κ3) is 5.37. The first-order valence-electron chi connectivity index (χ1n) is 10.2. The number of nitrogens with one attached hydrogen (secondary N) is 2. The molecule has 1 unspecified atom stereocenters. The fourth-order valence-corrected chi connectivity index (χ4v) is 3.19. The van der Waals surface area contributed by atoms with Gasteiger partial charge in [-0.25, -0.2) is 4.98 Å². The van der Waals surface area contributed by atoms with Crippen LogP contribution >= 0.6 is 0 Å². The Morgan fingerprint density at radius 3 is 2.28 bits per heavy atom. The summed E-state index contributed by atoms with van der Waals surface area (Å²) < 4.78 is 0. The van der Waals surface area contributed by atoms with Gasteiger partial charge in [0.2, 0.25) is 0 Å². The van der Waals surface area contributed by atoms with E-state index in [1.165, 1.54) is 4.90 Å². The van der Waals surface area contributed by atoms with Gasteiger partial charge in [-0.2, -0.15) is 0 Å². The van der Waals surface area contributed by atoms with E-state index in [0.717, 1.165) is 5.56 Å². The molecule has 0 bridgehead atoms. The van der Waals surface area contributed by atoms with Crippen LogP contribution in [0.3, 0.4) is 0 Å². The van der Waals surface area contributed by atoms with Gasteiger partial charge >= 0.3 is 0 Å². The smallest absolute Gasteiger partial charge is 0.271 e. The molecule has 7 heteroatoms. The maximum absolute atomic E-state index is 12.8. The molecule has 0 radical (unpaired) electrons. The molecule has 2 N–H and O–H groups in total. The Morgan fingerprint density at radius 1 is 0.906 bits per heavy atom. The average molecular weight is 431 g/mol. The van der Waals surface area contributed by atoms with Gasteiger partial charge in [-0.05, 0) is 55.8 Å². The molecule has 2 aromatic carbocycles.